The number of methoxy groups -OCH3 is 1. The van der Waals surface area contributed by atoms with Gasteiger partial charge in [0.05, 0.1) is 12.3 Å². The van der Waals surface area contributed by atoms with Gasteiger partial charge in [-0.2, -0.15) is 0 Å². The molecule has 1 heterocycles. The van der Waals surface area contributed by atoms with Crippen molar-refractivity contribution < 1.29 is 24.0 Å². The summed E-state index contributed by atoms with van der Waals surface area (Å²) in [6.07, 6.45) is 0. The van der Waals surface area contributed by atoms with Crippen LogP contribution in [0.2, 0.25) is 0 Å². The number of carboxylic acid groups (broad SMARTS) is 1. The number of aryl methyl sites for hydroxylation is 1. The topological polar surface area (TPSA) is 102 Å². The molecule has 0 aliphatic carbocycles. The number of ether oxygens (including phenoxy) is 1. The van der Waals surface area contributed by atoms with Crippen LogP contribution in [0.25, 0.3) is 0 Å². The number of aliphatic carboxylic acids is 1. The number of amides is 1. The molecule has 0 aliphatic rings. The Morgan fingerprint density at radius 1 is 1.69 bits per heavy atom. The van der Waals surface area contributed by atoms with Crippen LogP contribution >= 0.6 is 0 Å². The molecular formula is C9H12N2O5. The molecule has 1 rings (SSSR count). The van der Waals surface area contributed by atoms with Crippen LogP contribution in [0.1, 0.15) is 16.2 Å². The van der Waals surface area contributed by atoms with Gasteiger partial charge < -0.3 is 19.7 Å². The van der Waals surface area contributed by atoms with Crippen LogP contribution < -0.4 is 5.32 Å². The molecule has 88 valence electrons. The molecule has 0 saturated carbocycles. The van der Waals surface area contributed by atoms with Crippen molar-refractivity contribution in [1.29, 1.82) is 0 Å². The van der Waals surface area contributed by atoms with E-state index in [1.165, 1.54) is 13.2 Å². The van der Waals surface area contributed by atoms with E-state index in [-0.39, 0.29) is 12.4 Å². The van der Waals surface area contributed by atoms with Crippen molar-refractivity contribution in [2.75, 3.05) is 13.7 Å². The lowest BCUT2D eigenvalue weighted by Gasteiger charge is -2.11. The predicted molar refractivity (Wildman–Crippen MR) is 52.0 cm³/mol. The summed E-state index contributed by atoms with van der Waals surface area (Å²) in [5.41, 5.74) is 0.545. The summed E-state index contributed by atoms with van der Waals surface area (Å²) in [7, 11) is 1.35. The van der Waals surface area contributed by atoms with Crippen LogP contribution in [0.3, 0.4) is 0 Å². The molecule has 0 saturated heterocycles. The molecule has 1 aromatic heterocycles. The minimum Gasteiger partial charge on any atom is -0.480 e. The fraction of sp³-hybridized carbons (Fsp3) is 0.444. The fourth-order valence-corrected chi connectivity index (χ4v) is 1.04. The zero-order chi connectivity index (χ0) is 12.1. The van der Waals surface area contributed by atoms with Gasteiger partial charge in [0.15, 0.2) is 6.04 Å². The molecule has 1 unspecified atom stereocenters. The molecule has 16 heavy (non-hydrogen) atoms. The summed E-state index contributed by atoms with van der Waals surface area (Å²) in [5.74, 6) is -1.84. The van der Waals surface area contributed by atoms with E-state index in [9.17, 15) is 9.59 Å². The second-order valence-electron chi connectivity index (χ2n) is 3.15. The third-order valence-corrected chi connectivity index (χ3v) is 1.79. The maximum atomic E-state index is 11.5. The van der Waals surface area contributed by atoms with Crippen LogP contribution in [0.5, 0.6) is 0 Å². The van der Waals surface area contributed by atoms with Crippen LogP contribution in [-0.2, 0) is 9.53 Å². The molecule has 1 amide bonds. The maximum Gasteiger partial charge on any atom is 0.328 e. The molecule has 0 bridgehead atoms. The van der Waals surface area contributed by atoms with E-state index in [1.54, 1.807) is 6.92 Å². The van der Waals surface area contributed by atoms with Gasteiger partial charge in [0.25, 0.3) is 5.91 Å². The first-order valence-corrected chi connectivity index (χ1v) is 4.50. The average molecular weight is 228 g/mol. The highest BCUT2D eigenvalue weighted by atomic mass is 16.5. The largest absolute Gasteiger partial charge is 0.480 e. The van der Waals surface area contributed by atoms with Crippen LogP contribution in [0, 0.1) is 6.92 Å². The lowest BCUT2D eigenvalue weighted by molar-refractivity contribution is -0.140. The molecule has 0 aliphatic heterocycles. The van der Waals surface area contributed by atoms with E-state index in [1.807, 2.05) is 0 Å². The minimum absolute atomic E-state index is 0.0279. The summed E-state index contributed by atoms with van der Waals surface area (Å²) in [5, 5.41) is 14.5. The van der Waals surface area contributed by atoms with E-state index in [4.69, 9.17) is 5.11 Å². The van der Waals surface area contributed by atoms with Crippen molar-refractivity contribution >= 4 is 11.9 Å². The van der Waals surface area contributed by atoms with Gasteiger partial charge in [-0.1, -0.05) is 5.16 Å². The van der Waals surface area contributed by atoms with Crippen molar-refractivity contribution in [2.24, 2.45) is 0 Å². The number of nitrogens with zero attached hydrogens (tertiary/aromatic N) is 1. The highest BCUT2D eigenvalue weighted by Crippen LogP contribution is 2.02. The third kappa shape index (κ3) is 3.06. The lowest BCUT2D eigenvalue weighted by Crippen LogP contribution is -2.43. The molecule has 1 aromatic rings. The number of carboxylic acids is 1. The summed E-state index contributed by atoms with van der Waals surface area (Å²) in [4.78, 5) is 22.2. The Labute approximate surface area is 91.4 Å². The molecule has 7 heteroatoms. The van der Waals surface area contributed by atoms with Gasteiger partial charge in [-0.25, -0.2) is 4.79 Å². The average Bonchev–Trinajstić information content (AvgIpc) is 2.64. The van der Waals surface area contributed by atoms with Gasteiger partial charge in [-0.3, -0.25) is 4.79 Å². The SMILES string of the molecule is COCC(NC(=O)c1cc(C)no1)C(=O)O. The molecule has 0 aromatic carbocycles. The molecule has 0 fully saturated rings. The number of carbonyl (C=O) groups is 2. The Kier molecular flexibility index (Phi) is 4.01. The summed E-state index contributed by atoms with van der Waals surface area (Å²) >= 11 is 0. The number of aromatic nitrogens is 1. The zero-order valence-electron chi connectivity index (χ0n) is 8.89. The van der Waals surface area contributed by atoms with E-state index in [2.05, 4.69) is 19.7 Å². The standard InChI is InChI=1S/C9H12N2O5/c1-5-3-7(16-11-5)8(12)10-6(4-15-2)9(13)14/h3,6H,4H2,1-2H3,(H,10,12)(H,13,14). The maximum absolute atomic E-state index is 11.5. The Morgan fingerprint density at radius 3 is 2.81 bits per heavy atom. The van der Waals surface area contributed by atoms with E-state index in [0.29, 0.717) is 5.69 Å². The predicted octanol–water partition coefficient (Wildman–Crippen LogP) is -0.188. The number of hydrogen-bond donors (Lipinski definition) is 2. The second kappa shape index (κ2) is 5.26. The van der Waals surface area contributed by atoms with E-state index < -0.39 is 17.9 Å². The Hall–Kier alpha value is -1.89. The number of hydrogen-bond acceptors (Lipinski definition) is 5. The fourth-order valence-electron chi connectivity index (χ4n) is 1.04. The Bertz CT molecular complexity index is 387. The highest BCUT2D eigenvalue weighted by Gasteiger charge is 2.22. The second-order valence-corrected chi connectivity index (χ2v) is 3.15. The van der Waals surface area contributed by atoms with Gasteiger partial charge in [0, 0.05) is 13.2 Å². The van der Waals surface area contributed by atoms with Crippen LogP contribution in [0.15, 0.2) is 10.6 Å². The van der Waals surface area contributed by atoms with Crippen molar-refractivity contribution in [1.82, 2.24) is 10.5 Å². The smallest absolute Gasteiger partial charge is 0.328 e. The first kappa shape index (κ1) is 12.2. The monoisotopic (exact) mass is 228 g/mol. The van der Waals surface area contributed by atoms with Crippen LogP contribution in [0.4, 0.5) is 0 Å². The molecule has 0 radical (unpaired) electrons. The molecule has 1 atom stereocenters. The Balaban J connectivity index is 2.65. The van der Waals surface area contributed by atoms with E-state index >= 15 is 0 Å². The van der Waals surface area contributed by atoms with Crippen molar-refractivity contribution in [2.45, 2.75) is 13.0 Å². The highest BCUT2D eigenvalue weighted by molar-refractivity contribution is 5.94. The lowest BCUT2D eigenvalue weighted by atomic mass is 10.3. The van der Waals surface area contributed by atoms with Gasteiger partial charge in [0.1, 0.15) is 0 Å². The quantitative estimate of drug-likeness (QED) is 0.724. The zero-order valence-corrected chi connectivity index (χ0v) is 8.89. The molecular weight excluding hydrogens is 216 g/mol. The van der Waals surface area contributed by atoms with Crippen molar-refractivity contribution in [3.05, 3.63) is 17.5 Å². The number of rotatable bonds is 5. The van der Waals surface area contributed by atoms with E-state index in [0.717, 1.165) is 0 Å². The summed E-state index contributed by atoms with van der Waals surface area (Å²) in [6, 6.07) is 0.309. The van der Waals surface area contributed by atoms with Gasteiger partial charge in [-0.15, -0.1) is 0 Å². The van der Waals surface area contributed by atoms with Gasteiger partial charge >= 0.3 is 5.97 Å². The van der Waals surface area contributed by atoms with Crippen molar-refractivity contribution in [3.63, 3.8) is 0 Å². The van der Waals surface area contributed by atoms with Crippen LogP contribution in [-0.4, -0.2) is 41.9 Å². The molecule has 0 spiro atoms. The first-order chi connectivity index (χ1) is 7.54. The number of nitrogens with one attached hydrogen (secondary N) is 1. The Morgan fingerprint density at radius 2 is 2.38 bits per heavy atom. The first-order valence-electron chi connectivity index (χ1n) is 4.50. The summed E-state index contributed by atoms with van der Waals surface area (Å²) < 4.78 is 9.35. The minimum atomic E-state index is -1.17. The molecule has 2 N–H and O–H groups in total. The van der Waals surface area contributed by atoms with Crippen molar-refractivity contribution in [3.8, 4) is 0 Å². The summed E-state index contributed by atoms with van der Waals surface area (Å²) in [6.45, 7) is 1.54. The normalized spacial score (nSPS) is 12.1. The van der Waals surface area contributed by atoms with Gasteiger partial charge in [-0.05, 0) is 6.92 Å². The molecule has 7 nitrogen and oxygen atoms in total. The third-order valence-electron chi connectivity index (χ3n) is 1.79. The van der Waals surface area contributed by atoms with Gasteiger partial charge in [0.2, 0.25) is 5.76 Å². The number of carbonyl (C=O) groups excluding carboxylic acids is 1.